The standard InChI is InChI=1S/C12H14N2O3/c13-5-12(6-16-7-12)8-1-2-10-9(3-8)14-11(15)4-17-10/h1-3H,4-7,13H2,(H,14,15). The Balaban J connectivity index is 1.97. The molecule has 2 heterocycles. The summed E-state index contributed by atoms with van der Waals surface area (Å²) in [6.07, 6.45) is 0. The summed E-state index contributed by atoms with van der Waals surface area (Å²) in [5, 5.41) is 2.80. The lowest BCUT2D eigenvalue weighted by molar-refractivity contribution is -0.118. The monoisotopic (exact) mass is 234 g/mol. The first-order valence-corrected chi connectivity index (χ1v) is 5.58. The van der Waals surface area contributed by atoms with Gasteiger partial charge < -0.3 is 20.5 Å². The van der Waals surface area contributed by atoms with Crippen LogP contribution in [-0.2, 0) is 14.9 Å². The predicted octanol–water partition coefficient (Wildman–Crippen LogP) is 0.244. The van der Waals surface area contributed by atoms with Gasteiger partial charge in [-0.15, -0.1) is 0 Å². The van der Waals surface area contributed by atoms with Gasteiger partial charge in [-0.25, -0.2) is 0 Å². The highest BCUT2D eigenvalue weighted by Gasteiger charge is 2.39. The molecule has 90 valence electrons. The molecule has 0 bridgehead atoms. The summed E-state index contributed by atoms with van der Waals surface area (Å²) in [4.78, 5) is 11.3. The zero-order valence-corrected chi connectivity index (χ0v) is 9.36. The molecule has 1 fully saturated rings. The molecular weight excluding hydrogens is 220 g/mol. The molecular formula is C12H14N2O3. The van der Waals surface area contributed by atoms with E-state index in [-0.39, 0.29) is 17.9 Å². The van der Waals surface area contributed by atoms with E-state index in [1.54, 1.807) is 0 Å². The van der Waals surface area contributed by atoms with Crippen molar-refractivity contribution in [2.75, 3.05) is 31.7 Å². The van der Waals surface area contributed by atoms with E-state index in [1.807, 2.05) is 18.2 Å². The number of rotatable bonds is 2. The van der Waals surface area contributed by atoms with E-state index in [1.165, 1.54) is 0 Å². The lowest BCUT2D eigenvalue weighted by atomic mass is 9.78. The van der Waals surface area contributed by atoms with Crippen LogP contribution in [0, 0.1) is 0 Å². The Morgan fingerprint density at radius 3 is 2.88 bits per heavy atom. The Kier molecular flexibility index (Phi) is 2.31. The number of amides is 1. The van der Waals surface area contributed by atoms with Crippen LogP contribution < -0.4 is 15.8 Å². The Morgan fingerprint density at radius 2 is 2.24 bits per heavy atom. The Morgan fingerprint density at radius 1 is 1.41 bits per heavy atom. The van der Waals surface area contributed by atoms with Crippen LogP contribution >= 0.6 is 0 Å². The molecule has 1 saturated heterocycles. The first-order chi connectivity index (χ1) is 8.23. The number of ether oxygens (including phenoxy) is 2. The second kappa shape index (κ2) is 3.72. The largest absolute Gasteiger partial charge is 0.482 e. The fourth-order valence-corrected chi connectivity index (χ4v) is 2.16. The van der Waals surface area contributed by atoms with Gasteiger partial charge in [0.15, 0.2) is 6.61 Å². The number of carbonyl (C=O) groups is 1. The predicted molar refractivity (Wildman–Crippen MR) is 62.1 cm³/mol. The van der Waals surface area contributed by atoms with Gasteiger partial charge in [-0.2, -0.15) is 0 Å². The number of fused-ring (bicyclic) bond motifs is 1. The Bertz CT molecular complexity index is 463. The summed E-state index contributed by atoms with van der Waals surface area (Å²) < 4.78 is 10.6. The van der Waals surface area contributed by atoms with Gasteiger partial charge in [0, 0.05) is 6.54 Å². The van der Waals surface area contributed by atoms with E-state index < -0.39 is 0 Å². The summed E-state index contributed by atoms with van der Waals surface area (Å²) in [5.74, 6) is 0.585. The molecule has 0 atom stereocenters. The summed E-state index contributed by atoms with van der Waals surface area (Å²) in [5.41, 5.74) is 7.52. The Labute approximate surface area is 98.9 Å². The van der Waals surface area contributed by atoms with Crippen molar-refractivity contribution in [2.45, 2.75) is 5.41 Å². The maximum atomic E-state index is 11.3. The number of carbonyl (C=O) groups excluding carboxylic acids is 1. The van der Waals surface area contributed by atoms with Gasteiger partial charge in [0.25, 0.3) is 5.91 Å². The van der Waals surface area contributed by atoms with Crippen molar-refractivity contribution in [3.63, 3.8) is 0 Å². The molecule has 1 aromatic carbocycles. The fourth-order valence-electron chi connectivity index (χ4n) is 2.16. The molecule has 0 saturated carbocycles. The molecule has 0 spiro atoms. The van der Waals surface area contributed by atoms with Gasteiger partial charge in [-0.05, 0) is 17.7 Å². The number of benzene rings is 1. The highest BCUT2D eigenvalue weighted by Crippen LogP contribution is 2.36. The van der Waals surface area contributed by atoms with Crippen molar-refractivity contribution in [1.82, 2.24) is 0 Å². The van der Waals surface area contributed by atoms with Gasteiger partial charge in [0.2, 0.25) is 0 Å². The van der Waals surface area contributed by atoms with Crippen molar-refractivity contribution in [3.05, 3.63) is 23.8 Å². The molecule has 2 aliphatic rings. The van der Waals surface area contributed by atoms with E-state index in [0.29, 0.717) is 25.5 Å². The molecule has 3 rings (SSSR count). The molecule has 5 nitrogen and oxygen atoms in total. The quantitative estimate of drug-likeness (QED) is 0.769. The third-order valence-corrected chi connectivity index (χ3v) is 3.37. The topological polar surface area (TPSA) is 73.6 Å². The third kappa shape index (κ3) is 1.59. The first-order valence-electron chi connectivity index (χ1n) is 5.58. The summed E-state index contributed by atoms with van der Waals surface area (Å²) >= 11 is 0. The van der Waals surface area contributed by atoms with Crippen LogP contribution in [0.5, 0.6) is 5.75 Å². The molecule has 0 aliphatic carbocycles. The van der Waals surface area contributed by atoms with Crippen molar-refractivity contribution in [1.29, 1.82) is 0 Å². The van der Waals surface area contributed by atoms with Crippen LogP contribution in [0.4, 0.5) is 5.69 Å². The van der Waals surface area contributed by atoms with Gasteiger partial charge >= 0.3 is 0 Å². The van der Waals surface area contributed by atoms with Gasteiger partial charge in [0.1, 0.15) is 5.75 Å². The molecule has 5 heteroatoms. The van der Waals surface area contributed by atoms with Crippen molar-refractivity contribution >= 4 is 11.6 Å². The molecule has 2 aliphatic heterocycles. The number of nitrogens with two attached hydrogens (primary N) is 1. The van der Waals surface area contributed by atoms with E-state index in [2.05, 4.69) is 5.32 Å². The minimum absolute atomic E-state index is 0.0808. The zero-order valence-electron chi connectivity index (χ0n) is 9.36. The molecule has 0 aromatic heterocycles. The van der Waals surface area contributed by atoms with E-state index in [4.69, 9.17) is 15.2 Å². The van der Waals surface area contributed by atoms with Gasteiger partial charge in [0.05, 0.1) is 24.3 Å². The molecule has 17 heavy (non-hydrogen) atoms. The maximum absolute atomic E-state index is 11.3. The number of hydrogen-bond acceptors (Lipinski definition) is 4. The van der Waals surface area contributed by atoms with Crippen LogP contribution in [-0.4, -0.2) is 32.3 Å². The molecule has 3 N–H and O–H groups in total. The lowest BCUT2D eigenvalue weighted by Crippen LogP contribution is -2.52. The van der Waals surface area contributed by atoms with E-state index in [0.717, 1.165) is 11.3 Å². The van der Waals surface area contributed by atoms with Crippen LogP contribution in [0.2, 0.25) is 0 Å². The van der Waals surface area contributed by atoms with Crippen LogP contribution in [0.25, 0.3) is 0 Å². The summed E-state index contributed by atoms with van der Waals surface area (Å²) in [6, 6.07) is 5.80. The maximum Gasteiger partial charge on any atom is 0.262 e. The van der Waals surface area contributed by atoms with Crippen molar-refractivity contribution in [2.24, 2.45) is 5.73 Å². The molecule has 0 radical (unpaired) electrons. The molecule has 1 amide bonds. The molecule has 1 aromatic rings. The number of hydrogen-bond donors (Lipinski definition) is 2. The second-order valence-corrected chi connectivity index (χ2v) is 4.53. The average molecular weight is 234 g/mol. The summed E-state index contributed by atoms with van der Waals surface area (Å²) in [7, 11) is 0. The minimum Gasteiger partial charge on any atom is -0.482 e. The SMILES string of the molecule is NCC1(c2ccc3c(c2)NC(=O)CO3)COC1. The number of anilines is 1. The first kappa shape index (κ1) is 10.6. The highest BCUT2D eigenvalue weighted by atomic mass is 16.5. The third-order valence-electron chi connectivity index (χ3n) is 3.37. The highest BCUT2D eigenvalue weighted by molar-refractivity contribution is 5.95. The van der Waals surface area contributed by atoms with Crippen LogP contribution in [0.1, 0.15) is 5.56 Å². The van der Waals surface area contributed by atoms with Gasteiger partial charge in [-0.3, -0.25) is 4.79 Å². The van der Waals surface area contributed by atoms with E-state index >= 15 is 0 Å². The van der Waals surface area contributed by atoms with Gasteiger partial charge in [-0.1, -0.05) is 6.07 Å². The van der Waals surface area contributed by atoms with Crippen molar-refractivity contribution < 1.29 is 14.3 Å². The van der Waals surface area contributed by atoms with Crippen LogP contribution in [0.15, 0.2) is 18.2 Å². The fraction of sp³-hybridized carbons (Fsp3) is 0.417. The second-order valence-electron chi connectivity index (χ2n) is 4.53. The lowest BCUT2D eigenvalue weighted by Gasteiger charge is -2.41. The van der Waals surface area contributed by atoms with E-state index in [9.17, 15) is 4.79 Å². The van der Waals surface area contributed by atoms with Crippen molar-refractivity contribution in [3.8, 4) is 5.75 Å². The smallest absolute Gasteiger partial charge is 0.262 e. The minimum atomic E-state index is -0.124. The molecule has 0 unspecified atom stereocenters. The van der Waals surface area contributed by atoms with Crippen LogP contribution in [0.3, 0.4) is 0 Å². The number of nitrogens with one attached hydrogen (secondary N) is 1. The zero-order chi connectivity index (χ0) is 11.9. The average Bonchev–Trinajstić information content (AvgIpc) is 2.28. The summed E-state index contributed by atoms with van der Waals surface area (Å²) in [6.45, 7) is 1.90. The Hall–Kier alpha value is -1.59. The normalized spacial score (nSPS) is 20.9.